The predicted octanol–water partition coefficient (Wildman–Crippen LogP) is 3.22. The van der Waals surface area contributed by atoms with E-state index in [-0.39, 0.29) is 5.75 Å². The van der Waals surface area contributed by atoms with Gasteiger partial charge in [0.25, 0.3) is 0 Å². The summed E-state index contributed by atoms with van der Waals surface area (Å²) in [5.41, 5.74) is 4.74. The van der Waals surface area contributed by atoms with Crippen molar-refractivity contribution in [3.63, 3.8) is 0 Å². The summed E-state index contributed by atoms with van der Waals surface area (Å²) < 4.78 is 42.1. The number of nitrogens with zero attached hydrogens (tertiary/aromatic N) is 1. The molecule has 0 spiro atoms. The molecule has 2 rings (SSSR count). The van der Waals surface area contributed by atoms with Crippen LogP contribution < -0.4 is 10.5 Å². The maximum Gasteiger partial charge on any atom is 0.433 e. The zero-order valence-corrected chi connectivity index (χ0v) is 10.0. The molecule has 20 heavy (non-hydrogen) atoms. The third-order valence-corrected chi connectivity index (χ3v) is 2.46. The van der Waals surface area contributed by atoms with Crippen LogP contribution >= 0.6 is 0 Å². The number of pyridine rings is 1. The van der Waals surface area contributed by atoms with Crippen molar-refractivity contribution in [1.82, 2.24) is 4.98 Å². The Balaban J connectivity index is 2.39. The molecular weight excluding hydrogens is 273 g/mol. The minimum Gasteiger partial charge on any atom is -0.410 e. The highest BCUT2D eigenvalue weighted by molar-refractivity contribution is 5.75. The van der Waals surface area contributed by atoms with Crippen molar-refractivity contribution in [3.05, 3.63) is 48.3 Å². The van der Waals surface area contributed by atoms with Crippen LogP contribution in [0.4, 0.5) is 18.0 Å². The van der Waals surface area contributed by atoms with Crippen LogP contribution in [0.3, 0.4) is 0 Å². The molecule has 1 aromatic heterocycles. The number of carbonyl (C=O) groups excluding carboxylic acids is 1. The Hall–Kier alpha value is -2.57. The highest BCUT2D eigenvalue weighted by atomic mass is 19.4. The molecule has 0 atom stereocenters. The van der Waals surface area contributed by atoms with Crippen molar-refractivity contribution in [2.75, 3.05) is 0 Å². The van der Waals surface area contributed by atoms with Gasteiger partial charge in [0.15, 0.2) is 0 Å². The van der Waals surface area contributed by atoms with Gasteiger partial charge in [-0.3, -0.25) is 4.98 Å². The van der Waals surface area contributed by atoms with Crippen molar-refractivity contribution in [1.29, 1.82) is 0 Å². The number of primary amides is 1. The lowest BCUT2D eigenvalue weighted by Crippen LogP contribution is -2.16. The first-order valence-corrected chi connectivity index (χ1v) is 5.48. The lowest BCUT2D eigenvalue weighted by molar-refractivity contribution is -0.141. The van der Waals surface area contributed by atoms with Crippen molar-refractivity contribution in [2.24, 2.45) is 5.73 Å². The molecule has 0 saturated heterocycles. The van der Waals surface area contributed by atoms with Crippen LogP contribution in [-0.2, 0) is 6.18 Å². The number of halogens is 3. The number of amides is 1. The maximum atomic E-state index is 12.4. The van der Waals surface area contributed by atoms with Crippen LogP contribution in [0, 0.1) is 0 Å². The fourth-order valence-electron chi connectivity index (χ4n) is 1.62. The van der Waals surface area contributed by atoms with E-state index in [4.69, 9.17) is 10.5 Å². The van der Waals surface area contributed by atoms with Crippen molar-refractivity contribution >= 4 is 6.09 Å². The summed E-state index contributed by atoms with van der Waals surface area (Å²) in [6, 6.07) is 8.44. The number of aromatic nitrogens is 1. The van der Waals surface area contributed by atoms with E-state index in [1.165, 1.54) is 12.1 Å². The zero-order valence-electron chi connectivity index (χ0n) is 10.0. The lowest BCUT2D eigenvalue weighted by Gasteiger charge is -2.10. The summed E-state index contributed by atoms with van der Waals surface area (Å²) in [6.07, 6.45) is -4.44. The summed E-state index contributed by atoms with van der Waals surface area (Å²) in [7, 11) is 0. The van der Waals surface area contributed by atoms with Gasteiger partial charge in [-0.05, 0) is 12.1 Å². The summed E-state index contributed by atoms with van der Waals surface area (Å²) in [5.74, 6) is 0.154. The zero-order chi connectivity index (χ0) is 14.8. The van der Waals surface area contributed by atoms with E-state index in [1.54, 1.807) is 18.2 Å². The van der Waals surface area contributed by atoms with E-state index in [9.17, 15) is 18.0 Å². The van der Waals surface area contributed by atoms with Crippen LogP contribution in [-0.4, -0.2) is 11.1 Å². The third kappa shape index (κ3) is 3.05. The van der Waals surface area contributed by atoms with Crippen LogP contribution in [0.15, 0.2) is 42.6 Å². The molecule has 0 aliphatic heterocycles. The minimum atomic E-state index is -4.50. The average molecular weight is 282 g/mol. The summed E-state index contributed by atoms with van der Waals surface area (Å²) in [5, 5.41) is 0. The van der Waals surface area contributed by atoms with Crippen LogP contribution in [0.5, 0.6) is 5.75 Å². The number of ether oxygens (including phenoxy) is 1. The van der Waals surface area contributed by atoms with E-state index >= 15 is 0 Å². The van der Waals surface area contributed by atoms with Crippen LogP contribution in [0.1, 0.15) is 5.69 Å². The molecule has 0 aliphatic carbocycles. The van der Waals surface area contributed by atoms with Gasteiger partial charge in [-0.15, -0.1) is 0 Å². The van der Waals surface area contributed by atoms with Gasteiger partial charge < -0.3 is 10.5 Å². The molecule has 1 aromatic carbocycles. The number of benzene rings is 1. The summed E-state index contributed by atoms with van der Waals surface area (Å²) >= 11 is 0. The smallest absolute Gasteiger partial charge is 0.410 e. The molecule has 0 saturated carbocycles. The Bertz CT molecular complexity index is 624. The minimum absolute atomic E-state index is 0.154. The molecule has 0 unspecified atom stereocenters. The topological polar surface area (TPSA) is 65.2 Å². The summed E-state index contributed by atoms with van der Waals surface area (Å²) in [4.78, 5) is 14.1. The van der Waals surface area contributed by atoms with Crippen LogP contribution in [0.2, 0.25) is 0 Å². The second-order valence-corrected chi connectivity index (χ2v) is 3.85. The lowest BCUT2D eigenvalue weighted by atomic mass is 10.1. The molecule has 1 amide bonds. The first kappa shape index (κ1) is 13.9. The Kier molecular flexibility index (Phi) is 3.60. The molecule has 0 radical (unpaired) electrons. The molecule has 104 valence electrons. The fourth-order valence-corrected chi connectivity index (χ4v) is 1.62. The second kappa shape index (κ2) is 5.20. The van der Waals surface area contributed by atoms with Gasteiger partial charge in [0, 0.05) is 17.3 Å². The highest BCUT2D eigenvalue weighted by Gasteiger charge is 2.32. The van der Waals surface area contributed by atoms with Crippen molar-refractivity contribution < 1.29 is 22.7 Å². The number of carbonyl (C=O) groups is 1. The van der Waals surface area contributed by atoms with Crippen molar-refractivity contribution in [3.8, 4) is 16.9 Å². The first-order chi connectivity index (χ1) is 9.38. The van der Waals surface area contributed by atoms with E-state index in [2.05, 4.69) is 4.98 Å². The molecule has 2 N–H and O–H groups in total. The predicted molar refractivity (Wildman–Crippen MR) is 64.9 cm³/mol. The SMILES string of the molecule is NC(=O)Oc1ccccc1-c1ccc(C(F)(F)F)nc1. The Labute approximate surface area is 112 Å². The van der Waals surface area contributed by atoms with E-state index in [1.807, 2.05) is 0 Å². The number of nitrogens with two attached hydrogens (primary N) is 1. The number of rotatable bonds is 2. The number of hydrogen-bond acceptors (Lipinski definition) is 3. The Morgan fingerprint density at radius 3 is 2.40 bits per heavy atom. The molecule has 7 heteroatoms. The molecule has 4 nitrogen and oxygen atoms in total. The molecule has 0 bridgehead atoms. The first-order valence-electron chi connectivity index (χ1n) is 5.48. The Morgan fingerprint density at radius 2 is 1.85 bits per heavy atom. The van der Waals surface area contributed by atoms with Gasteiger partial charge in [0.05, 0.1) is 0 Å². The van der Waals surface area contributed by atoms with E-state index in [0.29, 0.717) is 11.1 Å². The molecular formula is C13H9F3N2O2. The van der Waals surface area contributed by atoms with Gasteiger partial charge in [0.2, 0.25) is 0 Å². The number of hydrogen-bond donors (Lipinski definition) is 1. The van der Waals surface area contributed by atoms with Gasteiger partial charge in [-0.1, -0.05) is 24.3 Å². The van der Waals surface area contributed by atoms with Crippen molar-refractivity contribution in [2.45, 2.75) is 6.18 Å². The third-order valence-electron chi connectivity index (χ3n) is 2.46. The average Bonchev–Trinajstić information content (AvgIpc) is 2.38. The number of alkyl halides is 3. The maximum absolute atomic E-state index is 12.4. The fraction of sp³-hybridized carbons (Fsp3) is 0.0769. The van der Waals surface area contributed by atoms with Gasteiger partial charge >= 0.3 is 12.3 Å². The van der Waals surface area contributed by atoms with Gasteiger partial charge in [-0.2, -0.15) is 13.2 Å². The molecule has 0 aliphatic rings. The number of para-hydroxylation sites is 1. The van der Waals surface area contributed by atoms with Crippen LogP contribution in [0.25, 0.3) is 11.1 Å². The summed E-state index contributed by atoms with van der Waals surface area (Å²) in [6.45, 7) is 0. The molecule has 1 heterocycles. The Morgan fingerprint density at radius 1 is 1.15 bits per heavy atom. The largest absolute Gasteiger partial charge is 0.433 e. The quantitative estimate of drug-likeness (QED) is 0.919. The van der Waals surface area contributed by atoms with E-state index in [0.717, 1.165) is 12.3 Å². The normalized spacial score (nSPS) is 11.2. The molecule has 2 aromatic rings. The monoisotopic (exact) mass is 282 g/mol. The van der Waals surface area contributed by atoms with E-state index < -0.39 is 18.0 Å². The molecule has 0 fully saturated rings. The van der Waals surface area contributed by atoms with Gasteiger partial charge in [0.1, 0.15) is 11.4 Å². The van der Waals surface area contributed by atoms with Gasteiger partial charge in [-0.25, -0.2) is 4.79 Å². The standard InChI is InChI=1S/C13H9F3N2O2/c14-13(15,16)11-6-5-8(7-18-11)9-3-1-2-4-10(9)20-12(17)19/h1-7H,(H2,17,19). The highest BCUT2D eigenvalue weighted by Crippen LogP contribution is 2.32. The second-order valence-electron chi connectivity index (χ2n) is 3.85.